The van der Waals surface area contributed by atoms with Crippen LogP contribution in [0.4, 0.5) is 0 Å². The van der Waals surface area contributed by atoms with Crippen molar-refractivity contribution in [3.05, 3.63) is 0 Å². The number of nitrogens with one attached hydrogen (secondary N) is 1. The zero-order valence-corrected chi connectivity index (χ0v) is 8.93. The molecule has 0 aromatic carbocycles. The van der Waals surface area contributed by atoms with Crippen molar-refractivity contribution in [2.75, 3.05) is 6.54 Å². The zero-order chi connectivity index (χ0) is 9.90. The third-order valence-corrected chi connectivity index (χ3v) is 2.74. The van der Waals surface area contributed by atoms with E-state index in [9.17, 15) is 0 Å². The molecule has 0 amide bonds. The van der Waals surface area contributed by atoms with Crippen molar-refractivity contribution in [3.8, 4) is 6.07 Å². The fourth-order valence-electron chi connectivity index (χ4n) is 1.57. The number of nitriles is 1. The first-order chi connectivity index (χ1) is 6.09. The normalized spacial score (nSPS) is 19.5. The second kappa shape index (κ2) is 4.11. The monoisotopic (exact) mass is 180 g/mol. The predicted molar refractivity (Wildman–Crippen MR) is 54.2 cm³/mol. The molecule has 1 unspecified atom stereocenters. The first kappa shape index (κ1) is 10.5. The van der Waals surface area contributed by atoms with Crippen molar-refractivity contribution in [1.29, 1.82) is 5.26 Å². The van der Waals surface area contributed by atoms with Crippen LogP contribution in [0.1, 0.15) is 40.0 Å². The molecule has 1 aliphatic carbocycles. The maximum absolute atomic E-state index is 8.84. The number of rotatable bonds is 5. The second-order valence-corrected chi connectivity index (χ2v) is 4.73. The third-order valence-electron chi connectivity index (χ3n) is 2.74. The summed E-state index contributed by atoms with van der Waals surface area (Å²) in [7, 11) is 0. The van der Waals surface area contributed by atoms with E-state index in [1.54, 1.807) is 0 Å². The number of hydrogen-bond acceptors (Lipinski definition) is 2. The summed E-state index contributed by atoms with van der Waals surface area (Å²) in [5.41, 5.74) is -0.220. The summed E-state index contributed by atoms with van der Waals surface area (Å²) in [5, 5.41) is 12.3. The first-order valence-electron chi connectivity index (χ1n) is 5.23. The molecule has 1 atom stereocenters. The van der Waals surface area contributed by atoms with E-state index in [4.69, 9.17) is 5.26 Å². The van der Waals surface area contributed by atoms with Gasteiger partial charge in [0.15, 0.2) is 0 Å². The molecule has 0 aliphatic heterocycles. The van der Waals surface area contributed by atoms with Crippen LogP contribution in [0, 0.1) is 22.7 Å². The molecule has 0 aromatic rings. The molecule has 0 bridgehead atoms. The molecular weight excluding hydrogens is 160 g/mol. The Morgan fingerprint density at radius 1 is 1.54 bits per heavy atom. The van der Waals surface area contributed by atoms with Crippen LogP contribution in [0.15, 0.2) is 0 Å². The Kier molecular flexibility index (Phi) is 3.33. The lowest BCUT2D eigenvalue weighted by atomic mass is 9.95. The summed E-state index contributed by atoms with van der Waals surface area (Å²) in [6.07, 6.45) is 3.93. The van der Waals surface area contributed by atoms with Gasteiger partial charge in [-0.3, -0.25) is 0 Å². The second-order valence-electron chi connectivity index (χ2n) is 4.73. The number of nitrogens with zero attached hydrogens (tertiary/aromatic N) is 1. The summed E-state index contributed by atoms with van der Waals surface area (Å²) < 4.78 is 0. The van der Waals surface area contributed by atoms with Crippen LogP contribution >= 0.6 is 0 Å². The van der Waals surface area contributed by atoms with Gasteiger partial charge in [-0.15, -0.1) is 0 Å². The van der Waals surface area contributed by atoms with Crippen LogP contribution in [0.2, 0.25) is 0 Å². The van der Waals surface area contributed by atoms with Crippen LogP contribution in [0.25, 0.3) is 0 Å². The third kappa shape index (κ3) is 3.36. The molecule has 0 heterocycles. The summed E-state index contributed by atoms with van der Waals surface area (Å²) in [4.78, 5) is 0. The van der Waals surface area contributed by atoms with E-state index in [2.05, 4.69) is 18.3 Å². The Bertz CT molecular complexity index is 199. The number of hydrogen-bond donors (Lipinski definition) is 1. The highest BCUT2D eigenvalue weighted by molar-refractivity contribution is 4.95. The van der Waals surface area contributed by atoms with Gasteiger partial charge >= 0.3 is 0 Å². The Hall–Kier alpha value is -0.550. The molecule has 1 rings (SSSR count). The van der Waals surface area contributed by atoms with Crippen molar-refractivity contribution in [1.82, 2.24) is 5.32 Å². The van der Waals surface area contributed by atoms with Gasteiger partial charge in [-0.2, -0.15) is 5.26 Å². The minimum Gasteiger partial charge on any atom is -0.312 e. The van der Waals surface area contributed by atoms with E-state index < -0.39 is 0 Å². The molecule has 0 aromatic heterocycles. The Morgan fingerprint density at radius 2 is 2.15 bits per heavy atom. The molecule has 0 saturated heterocycles. The van der Waals surface area contributed by atoms with E-state index in [0.717, 1.165) is 12.5 Å². The molecule has 1 N–H and O–H groups in total. The SMILES string of the molecule is CCC(NCC(C)(C)C#N)C1CC1. The van der Waals surface area contributed by atoms with Gasteiger partial charge in [-0.05, 0) is 39.0 Å². The van der Waals surface area contributed by atoms with Crippen LogP contribution < -0.4 is 5.32 Å². The average Bonchev–Trinajstić information content (AvgIpc) is 2.89. The van der Waals surface area contributed by atoms with Crippen molar-refractivity contribution >= 4 is 0 Å². The molecule has 0 radical (unpaired) electrons. The van der Waals surface area contributed by atoms with Crippen LogP contribution in [-0.4, -0.2) is 12.6 Å². The molecule has 1 saturated carbocycles. The standard InChI is InChI=1S/C11H20N2/c1-4-10(9-5-6-9)13-8-11(2,3)7-12/h9-10,13H,4-6,8H2,1-3H3. The van der Waals surface area contributed by atoms with Crippen molar-refractivity contribution in [3.63, 3.8) is 0 Å². The highest BCUT2D eigenvalue weighted by Crippen LogP contribution is 2.34. The lowest BCUT2D eigenvalue weighted by Crippen LogP contribution is -2.37. The highest BCUT2D eigenvalue weighted by atomic mass is 14.9. The van der Waals surface area contributed by atoms with Crippen molar-refractivity contribution < 1.29 is 0 Å². The molecule has 2 heteroatoms. The average molecular weight is 180 g/mol. The van der Waals surface area contributed by atoms with Gasteiger partial charge in [0, 0.05) is 12.6 Å². The van der Waals surface area contributed by atoms with E-state index in [0.29, 0.717) is 6.04 Å². The minimum atomic E-state index is -0.220. The van der Waals surface area contributed by atoms with Gasteiger partial charge in [0.25, 0.3) is 0 Å². The fourth-order valence-corrected chi connectivity index (χ4v) is 1.57. The molecule has 74 valence electrons. The fraction of sp³-hybridized carbons (Fsp3) is 0.909. The topological polar surface area (TPSA) is 35.8 Å². The molecular formula is C11H20N2. The Balaban J connectivity index is 2.27. The van der Waals surface area contributed by atoms with Gasteiger partial charge in [-0.25, -0.2) is 0 Å². The lowest BCUT2D eigenvalue weighted by Gasteiger charge is -2.22. The summed E-state index contributed by atoms with van der Waals surface area (Å²) >= 11 is 0. The van der Waals surface area contributed by atoms with Gasteiger partial charge in [0.2, 0.25) is 0 Å². The highest BCUT2D eigenvalue weighted by Gasteiger charge is 2.30. The Labute approximate surface area is 81.3 Å². The Morgan fingerprint density at radius 3 is 2.54 bits per heavy atom. The maximum Gasteiger partial charge on any atom is 0.0697 e. The lowest BCUT2D eigenvalue weighted by molar-refractivity contribution is 0.371. The molecule has 0 spiro atoms. The smallest absolute Gasteiger partial charge is 0.0697 e. The van der Waals surface area contributed by atoms with E-state index in [1.165, 1.54) is 19.3 Å². The van der Waals surface area contributed by atoms with E-state index in [1.807, 2.05) is 13.8 Å². The van der Waals surface area contributed by atoms with Crippen LogP contribution in [-0.2, 0) is 0 Å². The first-order valence-corrected chi connectivity index (χ1v) is 5.23. The van der Waals surface area contributed by atoms with E-state index >= 15 is 0 Å². The largest absolute Gasteiger partial charge is 0.312 e. The zero-order valence-electron chi connectivity index (χ0n) is 8.93. The van der Waals surface area contributed by atoms with Gasteiger partial charge in [0.1, 0.15) is 0 Å². The summed E-state index contributed by atoms with van der Waals surface area (Å²) in [5.74, 6) is 0.888. The van der Waals surface area contributed by atoms with Crippen LogP contribution in [0.5, 0.6) is 0 Å². The maximum atomic E-state index is 8.84. The van der Waals surface area contributed by atoms with Crippen LogP contribution in [0.3, 0.4) is 0 Å². The summed E-state index contributed by atoms with van der Waals surface area (Å²) in [6.45, 7) is 7.01. The molecule has 1 fully saturated rings. The summed E-state index contributed by atoms with van der Waals surface area (Å²) in [6, 6.07) is 2.96. The van der Waals surface area contributed by atoms with Gasteiger partial charge in [0.05, 0.1) is 11.5 Å². The van der Waals surface area contributed by atoms with Crippen molar-refractivity contribution in [2.45, 2.75) is 46.1 Å². The molecule has 13 heavy (non-hydrogen) atoms. The van der Waals surface area contributed by atoms with E-state index in [-0.39, 0.29) is 5.41 Å². The predicted octanol–water partition coefficient (Wildman–Crippen LogP) is 2.31. The minimum absolute atomic E-state index is 0.220. The quantitative estimate of drug-likeness (QED) is 0.704. The van der Waals surface area contributed by atoms with Crippen molar-refractivity contribution in [2.24, 2.45) is 11.3 Å². The van der Waals surface area contributed by atoms with Gasteiger partial charge in [-0.1, -0.05) is 6.92 Å². The molecule has 2 nitrogen and oxygen atoms in total. The van der Waals surface area contributed by atoms with Gasteiger partial charge < -0.3 is 5.32 Å². The molecule has 1 aliphatic rings.